The minimum atomic E-state index is -3.17. The van der Waals surface area contributed by atoms with Gasteiger partial charge < -0.3 is 4.74 Å². The minimum absolute atomic E-state index is 0.154. The van der Waals surface area contributed by atoms with E-state index in [-0.39, 0.29) is 11.4 Å². The number of sulfonamides is 1. The molecule has 0 bridgehead atoms. The van der Waals surface area contributed by atoms with Crippen molar-refractivity contribution < 1.29 is 13.2 Å². The lowest BCUT2D eigenvalue weighted by atomic mass is 10.0. The van der Waals surface area contributed by atoms with Crippen molar-refractivity contribution in [1.29, 1.82) is 5.26 Å². The molecule has 118 valence electrons. The fourth-order valence-corrected chi connectivity index (χ4v) is 5.04. The third kappa shape index (κ3) is 3.08. The van der Waals surface area contributed by atoms with E-state index in [1.165, 1.54) is 10.5 Å². The van der Waals surface area contributed by atoms with Crippen molar-refractivity contribution in [3.63, 3.8) is 0 Å². The zero-order chi connectivity index (χ0) is 15.6. The Labute approximate surface area is 130 Å². The third-order valence-electron chi connectivity index (χ3n) is 4.30. The summed E-state index contributed by atoms with van der Waals surface area (Å²) >= 11 is 0. The average Bonchev–Trinajstić information content (AvgIpc) is 2.51. The Morgan fingerprint density at radius 1 is 1.23 bits per heavy atom. The first-order valence-electron chi connectivity index (χ1n) is 7.61. The molecular formula is C15H19N3O3S. The van der Waals surface area contributed by atoms with E-state index in [1.807, 2.05) is 6.07 Å². The molecule has 6 nitrogen and oxygen atoms in total. The molecule has 0 N–H and O–H groups in total. The van der Waals surface area contributed by atoms with Gasteiger partial charge in [0, 0.05) is 12.3 Å². The average molecular weight is 321 g/mol. The monoisotopic (exact) mass is 321 g/mol. The Morgan fingerprint density at radius 3 is 2.55 bits per heavy atom. The molecule has 22 heavy (non-hydrogen) atoms. The van der Waals surface area contributed by atoms with Crippen molar-refractivity contribution in [3.8, 4) is 11.9 Å². The highest BCUT2D eigenvalue weighted by molar-refractivity contribution is 7.89. The Balaban J connectivity index is 1.53. The van der Waals surface area contributed by atoms with Crippen LogP contribution in [0.4, 0.5) is 0 Å². The number of hydrogen-bond acceptors (Lipinski definition) is 5. The minimum Gasteiger partial charge on any atom is -0.472 e. The molecule has 2 fully saturated rings. The van der Waals surface area contributed by atoms with Gasteiger partial charge in [-0.25, -0.2) is 13.4 Å². The molecule has 1 aromatic rings. The summed E-state index contributed by atoms with van der Waals surface area (Å²) in [7, 11) is -3.17. The second-order valence-electron chi connectivity index (χ2n) is 5.86. The first-order chi connectivity index (χ1) is 10.6. The van der Waals surface area contributed by atoms with E-state index in [9.17, 15) is 8.42 Å². The fourth-order valence-electron chi connectivity index (χ4n) is 2.94. The molecule has 1 aromatic heterocycles. The van der Waals surface area contributed by atoms with Crippen LogP contribution >= 0.6 is 0 Å². The Kier molecular flexibility index (Phi) is 4.32. The van der Waals surface area contributed by atoms with Gasteiger partial charge in [-0.3, -0.25) is 0 Å². The zero-order valence-electron chi connectivity index (χ0n) is 12.3. The normalized spacial score (nSPS) is 21.0. The predicted octanol–water partition coefficient (Wildman–Crippen LogP) is 1.68. The van der Waals surface area contributed by atoms with Gasteiger partial charge in [-0.05, 0) is 18.9 Å². The highest BCUT2D eigenvalue weighted by Crippen LogP contribution is 2.29. The maximum atomic E-state index is 12.5. The molecule has 0 aromatic carbocycles. The van der Waals surface area contributed by atoms with E-state index in [2.05, 4.69) is 4.98 Å². The van der Waals surface area contributed by atoms with Gasteiger partial charge in [0.1, 0.15) is 12.2 Å². The third-order valence-corrected chi connectivity index (χ3v) is 6.63. The van der Waals surface area contributed by atoms with Crippen LogP contribution < -0.4 is 4.74 Å². The van der Waals surface area contributed by atoms with Crippen molar-refractivity contribution in [3.05, 3.63) is 23.9 Å². The summed E-state index contributed by atoms with van der Waals surface area (Å²) in [4.78, 5) is 4.04. The van der Waals surface area contributed by atoms with Gasteiger partial charge in [-0.2, -0.15) is 9.57 Å². The van der Waals surface area contributed by atoms with Crippen molar-refractivity contribution in [1.82, 2.24) is 9.29 Å². The molecule has 1 saturated heterocycles. The van der Waals surface area contributed by atoms with Gasteiger partial charge in [0.25, 0.3) is 0 Å². The van der Waals surface area contributed by atoms with Crippen molar-refractivity contribution in [2.75, 3.05) is 13.1 Å². The van der Waals surface area contributed by atoms with E-state index in [1.54, 1.807) is 12.1 Å². The fraction of sp³-hybridized carbons (Fsp3) is 0.600. The molecule has 1 aliphatic carbocycles. The SMILES string of the molecule is N#Cc1ccc(OC2CN(S(=O)(=O)C3CCCCC3)C2)nc1. The van der Waals surface area contributed by atoms with Crippen LogP contribution in [0.15, 0.2) is 18.3 Å². The summed E-state index contributed by atoms with van der Waals surface area (Å²) in [5.74, 6) is 0.429. The topological polar surface area (TPSA) is 83.3 Å². The van der Waals surface area contributed by atoms with Crippen LogP contribution in [0, 0.1) is 11.3 Å². The lowest BCUT2D eigenvalue weighted by molar-refractivity contribution is 0.0710. The van der Waals surface area contributed by atoms with E-state index in [0.717, 1.165) is 32.1 Å². The Morgan fingerprint density at radius 2 is 1.95 bits per heavy atom. The summed E-state index contributed by atoms with van der Waals surface area (Å²) in [5.41, 5.74) is 0.475. The molecular weight excluding hydrogens is 302 g/mol. The first kappa shape index (κ1) is 15.3. The Hall–Kier alpha value is -1.65. The van der Waals surface area contributed by atoms with E-state index < -0.39 is 10.0 Å². The largest absolute Gasteiger partial charge is 0.472 e. The van der Waals surface area contributed by atoms with E-state index in [4.69, 9.17) is 10.00 Å². The number of aromatic nitrogens is 1. The lowest BCUT2D eigenvalue weighted by Crippen LogP contribution is -2.58. The molecule has 0 radical (unpaired) electrons. The number of ether oxygens (including phenoxy) is 1. The van der Waals surface area contributed by atoms with E-state index in [0.29, 0.717) is 24.5 Å². The van der Waals surface area contributed by atoms with Crippen LogP contribution in [-0.2, 0) is 10.0 Å². The van der Waals surface area contributed by atoms with Gasteiger partial charge >= 0.3 is 0 Å². The molecule has 3 rings (SSSR count). The van der Waals surface area contributed by atoms with Crippen molar-refractivity contribution in [2.45, 2.75) is 43.5 Å². The molecule has 0 amide bonds. The van der Waals surface area contributed by atoms with Gasteiger partial charge in [-0.15, -0.1) is 0 Å². The summed E-state index contributed by atoms with van der Waals surface area (Å²) in [6.45, 7) is 0.779. The highest BCUT2D eigenvalue weighted by atomic mass is 32.2. The summed E-state index contributed by atoms with van der Waals surface area (Å²) < 4.78 is 32.1. The summed E-state index contributed by atoms with van der Waals surface area (Å²) in [6, 6.07) is 5.27. The molecule has 0 atom stereocenters. The smallest absolute Gasteiger partial charge is 0.217 e. The van der Waals surface area contributed by atoms with Crippen molar-refractivity contribution >= 4 is 10.0 Å². The molecule has 1 saturated carbocycles. The number of nitriles is 1. The molecule has 2 aliphatic rings. The number of pyridine rings is 1. The number of hydrogen-bond donors (Lipinski definition) is 0. The van der Waals surface area contributed by atoms with Gasteiger partial charge in [0.2, 0.25) is 15.9 Å². The predicted molar refractivity (Wildman–Crippen MR) is 80.7 cm³/mol. The zero-order valence-corrected chi connectivity index (χ0v) is 13.1. The standard InChI is InChI=1S/C15H19N3O3S/c16-8-12-6-7-15(17-9-12)21-13-10-18(11-13)22(19,20)14-4-2-1-3-5-14/h6-7,9,13-14H,1-5,10-11H2. The summed E-state index contributed by atoms with van der Waals surface area (Å²) in [5, 5.41) is 8.50. The van der Waals surface area contributed by atoms with Crippen LogP contribution in [0.3, 0.4) is 0 Å². The highest BCUT2D eigenvalue weighted by Gasteiger charge is 2.41. The number of rotatable bonds is 4. The maximum Gasteiger partial charge on any atom is 0.217 e. The van der Waals surface area contributed by atoms with Crippen LogP contribution in [0.5, 0.6) is 5.88 Å². The van der Waals surface area contributed by atoms with Crippen LogP contribution in [0.25, 0.3) is 0 Å². The quantitative estimate of drug-likeness (QED) is 0.842. The molecule has 0 spiro atoms. The van der Waals surface area contributed by atoms with Crippen LogP contribution in [0.2, 0.25) is 0 Å². The molecule has 2 heterocycles. The van der Waals surface area contributed by atoms with Crippen LogP contribution in [0.1, 0.15) is 37.7 Å². The number of nitrogens with zero attached hydrogens (tertiary/aromatic N) is 3. The second-order valence-corrected chi connectivity index (χ2v) is 8.07. The molecule has 1 aliphatic heterocycles. The molecule has 0 unspecified atom stereocenters. The van der Waals surface area contributed by atoms with Crippen LogP contribution in [-0.4, -0.2) is 42.2 Å². The Bertz CT molecular complexity index is 654. The first-order valence-corrected chi connectivity index (χ1v) is 9.11. The van der Waals surface area contributed by atoms with Gasteiger partial charge in [0.05, 0.1) is 23.9 Å². The van der Waals surface area contributed by atoms with Gasteiger partial charge in [-0.1, -0.05) is 19.3 Å². The van der Waals surface area contributed by atoms with Gasteiger partial charge in [0.15, 0.2) is 0 Å². The van der Waals surface area contributed by atoms with Crippen molar-refractivity contribution in [2.24, 2.45) is 0 Å². The summed E-state index contributed by atoms with van der Waals surface area (Å²) in [6.07, 6.45) is 6.01. The molecule has 7 heteroatoms. The lowest BCUT2D eigenvalue weighted by Gasteiger charge is -2.40. The second kappa shape index (κ2) is 6.23. The van der Waals surface area contributed by atoms with E-state index >= 15 is 0 Å². The maximum absolute atomic E-state index is 12.5.